The van der Waals surface area contributed by atoms with E-state index in [-0.39, 0.29) is 35.4 Å². The second kappa shape index (κ2) is 9.65. The van der Waals surface area contributed by atoms with Gasteiger partial charge in [-0.2, -0.15) is 0 Å². The number of nitrogens with zero attached hydrogens (tertiary/aromatic N) is 2. The first-order valence-electron chi connectivity index (χ1n) is 15.4. The van der Waals surface area contributed by atoms with Crippen LogP contribution >= 0.6 is 0 Å². The van der Waals surface area contributed by atoms with Gasteiger partial charge in [0.05, 0.1) is 41.4 Å². The molecule has 1 unspecified atom stereocenters. The highest BCUT2D eigenvalue weighted by atomic mass is 16.6. The Morgan fingerprint density at radius 1 is 1.16 bits per heavy atom. The van der Waals surface area contributed by atoms with E-state index in [2.05, 4.69) is 4.90 Å². The second-order valence-corrected chi connectivity index (χ2v) is 13.9. The van der Waals surface area contributed by atoms with Gasteiger partial charge >= 0.3 is 5.97 Å². The minimum atomic E-state index is -1.80. The molecule has 12 heteroatoms. The molecule has 1 aromatic rings. The molecule has 6 fully saturated rings. The van der Waals surface area contributed by atoms with Crippen LogP contribution in [0.5, 0.6) is 0 Å². The average molecular weight is 603 g/mol. The molecular formula is C31H42N2O10. The van der Waals surface area contributed by atoms with Crippen LogP contribution in [0.4, 0.5) is 5.69 Å². The first-order valence-corrected chi connectivity index (χ1v) is 15.4. The number of nitro groups is 1. The van der Waals surface area contributed by atoms with Crippen LogP contribution in [0.2, 0.25) is 0 Å². The molecule has 7 rings (SSSR count). The number of benzene rings is 1. The highest BCUT2D eigenvalue weighted by Gasteiger charge is 2.91. The molecule has 0 aromatic heterocycles. The van der Waals surface area contributed by atoms with Crippen molar-refractivity contribution < 1.29 is 44.0 Å². The zero-order valence-corrected chi connectivity index (χ0v) is 25.0. The lowest BCUT2D eigenvalue weighted by molar-refractivity contribution is -0.384. The Morgan fingerprint density at radius 3 is 2.49 bits per heavy atom. The summed E-state index contributed by atoms with van der Waals surface area (Å²) in [4.78, 5) is 26.7. The number of methoxy groups -OCH3 is 3. The summed E-state index contributed by atoms with van der Waals surface area (Å²) < 4.78 is 24.5. The fraction of sp³-hybridized carbons (Fsp3) is 0.774. The van der Waals surface area contributed by atoms with Gasteiger partial charge in [0.15, 0.2) is 0 Å². The number of carbonyl (C=O) groups excluding carboxylic acids is 1. The lowest BCUT2D eigenvalue weighted by Crippen LogP contribution is -2.82. The molecule has 43 heavy (non-hydrogen) atoms. The van der Waals surface area contributed by atoms with Gasteiger partial charge in [0.2, 0.25) is 0 Å². The van der Waals surface area contributed by atoms with Crippen molar-refractivity contribution in [3.05, 3.63) is 39.9 Å². The number of aliphatic hydroxyl groups is 3. The highest BCUT2D eigenvalue weighted by molar-refractivity contribution is 5.89. The third-order valence-corrected chi connectivity index (χ3v) is 12.8. The molecule has 0 radical (unpaired) electrons. The third-order valence-electron chi connectivity index (χ3n) is 12.8. The van der Waals surface area contributed by atoms with Crippen LogP contribution < -0.4 is 0 Å². The van der Waals surface area contributed by atoms with Crippen LogP contribution in [0.15, 0.2) is 24.3 Å². The first-order chi connectivity index (χ1) is 20.5. The van der Waals surface area contributed by atoms with E-state index in [1.54, 1.807) is 21.3 Å². The van der Waals surface area contributed by atoms with Crippen LogP contribution in [0.1, 0.15) is 43.0 Å². The van der Waals surface area contributed by atoms with Gasteiger partial charge < -0.3 is 34.3 Å². The number of rotatable bonds is 8. The monoisotopic (exact) mass is 602 g/mol. The summed E-state index contributed by atoms with van der Waals surface area (Å²) in [5.74, 6) is -2.13. The Hall–Kier alpha value is -2.19. The van der Waals surface area contributed by atoms with Gasteiger partial charge in [-0.1, -0.05) is 6.92 Å². The molecule has 13 atom stereocenters. The minimum absolute atomic E-state index is 0.124. The van der Waals surface area contributed by atoms with Gasteiger partial charge in [0, 0.05) is 75.0 Å². The van der Waals surface area contributed by atoms with Crippen LogP contribution in [0.3, 0.4) is 0 Å². The summed E-state index contributed by atoms with van der Waals surface area (Å²) in [6, 6.07) is 4.74. The Kier molecular flexibility index (Phi) is 6.63. The average Bonchev–Trinajstić information content (AvgIpc) is 3.36. The van der Waals surface area contributed by atoms with Crippen molar-refractivity contribution in [2.45, 2.75) is 74.3 Å². The molecule has 12 nitrogen and oxygen atoms in total. The maximum atomic E-state index is 13.8. The molecule has 1 saturated heterocycles. The van der Waals surface area contributed by atoms with E-state index in [1.165, 1.54) is 24.3 Å². The quantitative estimate of drug-likeness (QED) is 0.224. The summed E-state index contributed by atoms with van der Waals surface area (Å²) in [6.07, 6.45) is -0.971. The maximum Gasteiger partial charge on any atom is 0.338 e. The van der Waals surface area contributed by atoms with Gasteiger partial charge in [-0.05, 0) is 43.9 Å². The molecular weight excluding hydrogens is 560 g/mol. The number of nitro benzene ring substituents is 1. The van der Waals surface area contributed by atoms with Gasteiger partial charge in [-0.25, -0.2) is 4.79 Å². The third kappa shape index (κ3) is 3.33. The van der Waals surface area contributed by atoms with E-state index >= 15 is 0 Å². The van der Waals surface area contributed by atoms with E-state index in [9.17, 15) is 30.2 Å². The number of fused-ring (bicyclic) bond motifs is 2. The topological polar surface area (TPSA) is 161 Å². The molecule has 1 spiro atoms. The normalized spacial score (nSPS) is 49.1. The molecule has 6 aliphatic rings. The summed E-state index contributed by atoms with van der Waals surface area (Å²) in [5, 5.41) is 49.0. The van der Waals surface area contributed by atoms with Crippen molar-refractivity contribution in [3.8, 4) is 0 Å². The summed E-state index contributed by atoms with van der Waals surface area (Å²) in [7, 11) is 4.81. The Morgan fingerprint density at radius 2 is 1.88 bits per heavy atom. The molecule has 0 amide bonds. The number of likely N-dealkylation sites (N-methyl/N-ethyl adjacent to an activating group) is 1. The van der Waals surface area contributed by atoms with Crippen molar-refractivity contribution in [3.63, 3.8) is 0 Å². The highest BCUT2D eigenvalue weighted by Crippen LogP contribution is 2.80. The van der Waals surface area contributed by atoms with Gasteiger partial charge in [-0.15, -0.1) is 0 Å². The standard InChI is InChI=1S/C31H42N2O10/c1-5-32-14-28(15-40-2)11-10-21(43-26(35)16-6-8-17(9-7-16)33(38)39)30-19-12-18-20(41-3)13-29(36,22(19)23(18)34)31(37,27(30)32)25(42-4)24(28)30/h6-9,18-25,27,34,36-37H,5,10-15H2,1-4H3/t18-,19-,20+,21+,22-,23+,24-,25+,27?,28+,29-,30+,31+/m1/s1. The van der Waals surface area contributed by atoms with Gasteiger partial charge in [0.25, 0.3) is 5.69 Å². The second-order valence-electron chi connectivity index (χ2n) is 13.9. The molecule has 1 aliphatic heterocycles. The molecule has 5 saturated carbocycles. The zero-order chi connectivity index (χ0) is 30.7. The van der Waals surface area contributed by atoms with E-state index in [1.807, 2.05) is 6.92 Å². The number of piperidine rings is 1. The maximum absolute atomic E-state index is 13.8. The van der Waals surface area contributed by atoms with E-state index < -0.39 is 69.3 Å². The van der Waals surface area contributed by atoms with Crippen molar-refractivity contribution in [1.82, 2.24) is 4.90 Å². The molecule has 5 aliphatic carbocycles. The summed E-state index contributed by atoms with van der Waals surface area (Å²) in [5.41, 5.74) is -4.76. The number of carbonyl (C=O) groups is 1. The summed E-state index contributed by atoms with van der Waals surface area (Å²) in [6.45, 7) is 3.65. The van der Waals surface area contributed by atoms with Crippen molar-refractivity contribution in [2.75, 3.05) is 41.0 Å². The molecule has 3 N–H and O–H groups in total. The van der Waals surface area contributed by atoms with Crippen LogP contribution in [-0.2, 0) is 18.9 Å². The van der Waals surface area contributed by atoms with E-state index in [0.29, 0.717) is 39.0 Å². The van der Waals surface area contributed by atoms with Gasteiger partial charge in [-0.3, -0.25) is 15.0 Å². The number of non-ortho nitro benzene ring substituents is 1. The number of aliphatic hydroxyl groups excluding tert-OH is 1. The largest absolute Gasteiger partial charge is 0.458 e. The molecule has 236 valence electrons. The minimum Gasteiger partial charge on any atom is -0.458 e. The smallest absolute Gasteiger partial charge is 0.338 e. The zero-order valence-electron chi connectivity index (χ0n) is 25.0. The SMILES string of the molecule is CCN1C[C@]2(COC)CC[C@H](OC(=O)c3ccc([N+](=O)[O-])cc3)[C@]34C1[C@@](O)([C@@H](OC)[C@H]23)[C@@]1(O)C[C@H](OC)[C@H]2C[C@@H]4[C@@H]1[C@H]2O. The van der Waals surface area contributed by atoms with E-state index in [4.69, 9.17) is 18.9 Å². The lowest BCUT2D eigenvalue weighted by atomic mass is 9.42. The number of hydrogen-bond donors (Lipinski definition) is 3. The van der Waals surface area contributed by atoms with Crippen LogP contribution in [0.25, 0.3) is 0 Å². The van der Waals surface area contributed by atoms with Crippen LogP contribution in [-0.4, -0.2) is 114 Å². The van der Waals surface area contributed by atoms with Crippen molar-refractivity contribution in [1.29, 1.82) is 0 Å². The summed E-state index contributed by atoms with van der Waals surface area (Å²) >= 11 is 0. The molecule has 1 aromatic carbocycles. The Labute approximate surface area is 250 Å². The lowest BCUT2D eigenvalue weighted by Gasteiger charge is -2.69. The van der Waals surface area contributed by atoms with Crippen molar-refractivity contribution in [2.24, 2.45) is 34.5 Å². The van der Waals surface area contributed by atoms with Crippen LogP contribution in [0, 0.1) is 44.6 Å². The molecule has 1 heterocycles. The number of ether oxygens (including phenoxy) is 4. The Bertz CT molecular complexity index is 1310. The number of esters is 1. The fourth-order valence-electron chi connectivity index (χ4n) is 11.7. The predicted octanol–water partition coefficient (Wildman–Crippen LogP) is 1.39. The number of hydrogen-bond acceptors (Lipinski definition) is 11. The Balaban J connectivity index is 1.43. The fourth-order valence-corrected chi connectivity index (χ4v) is 11.7. The number of likely N-dealkylation sites (tertiary alicyclic amines) is 1. The first kappa shape index (κ1) is 29.5. The van der Waals surface area contributed by atoms with E-state index in [0.717, 1.165) is 0 Å². The predicted molar refractivity (Wildman–Crippen MR) is 150 cm³/mol. The molecule has 7 bridgehead atoms. The van der Waals surface area contributed by atoms with Crippen molar-refractivity contribution >= 4 is 11.7 Å². The van der Waals surface area contributed by atoms with Gasteiger partial charge in [0.1, 0.15) is 17.3 Å².